The first-order valence-corrected chi connectivity index (χ1v) is 7.86. The number of sulfonamides is 1. The number of hydrogen-bond acceptors (Lipinski definition) is 4. The number of benzene rings is 1. The second kappa shape index (κ2) is 5.58. The molecule has 0 amide bonds. The highest BCUT2D eigenvalue weighted by atomic mass is 32.2. The summed E-state index contributed by atoms with van der Waals surface area (Å²) in [6.45, 7) is 2.48. The van der Waals surface area contributed by atoms with E-state index in [-0.39, 0.29) is 11.4 Å². The van der Waals surface area contributed by atoms with Gasteiger partial charge >= 0.3 is 0 Å². The minimum absolute atomic E-state index is 0.164. The molecule has 2 atom stereocenters. The van der Waals surface area contributed by atoms with E-state index in [1.807, 2.05) is 6.92 Å². The molecule has 2 rings (SSSR count). The van der Waals surface area contributed by atoms with Gasteiger partial charge in [-0.05, 0) is 31.9 Å². The smallest absolute Gasteiger partial charge is 0.243 e. The molecule has 5 nitrogen and oxygen atoms in total. The van der Waals surface area contributed by atoms with Gasteiger partial charge in [-0.3, -0.25) is 0 Å². The molecule has 2 unspecified atom stereocenters. The zero-order chi connectivity index (χ0) is 14.0. The Morgan fingerprint density at radius 1 is 1.32 bits per heavy atom. The van der Waals surface area contributed by atoms with Crippen LogP contribution in [0.2, 0.25) is 0 Å². The van der Waals surface area contributed by atoms with Crippen LogP contribution in [0.1, 0.15) is 18.4 Å². The summed E-state index contributed by atoms with van der Waals surface area (Å²) >= 11 is 0. The van der Waals surface area contributed by atoms with Crippen molar-refractivity contribution in [2.24, 2.45) is 5.73 Å². The van der Waals surface area contributed by atoms with Gasteiger partial charge in [-0.2, -0.15) is 4.31 Å². The Kier molecular flexibility index (Phi) is 4.25. The monoisotopic (exact) mass is 284 g/mol. The van der Waals surface area contributed by atoms with E-state index in [2.05, 4.69) is 0 Å². The van der Waals surface area contributed by atoms with Crippen LogP contribution in [0.3, 0.4) is 0 Å². The van der Waals surface area contributed by atoms with Crippen LogP contribution >= 0.6 is 0 Å². The van der Waals surface area contributed by atoms with E-state index >= 15 is 0 Å². The van der Waals surface area contributed by atoms with Gasteiger partial charge in [-0.15, -0.1) is 0 Å². The van der Waals surface area contributed by atoms with E-state index in [4.69, 9.17) is 5.73 Å². The van der Waals surface area contributed by atoms with Crippen LogP contribution in [-0.4, -0.2) is 43.1 Å². The van der Waals surface area contributed by atoms with E-state index in [1.54, 1.807) is 24.3 Å². The van der Waals surface area contributed by atoms with Crippen molar-refractivity contribution in [3.63, 3.8) is 0 Å². The highest BCUT2D eigenvalue weighted by Crippen LogP contribution is 2.20. The molecule has 1 aromatic rings. The number of nitrogens with two attached hydrogens (primary N) is 1. The fourth-order valence-electron chi connectivity index (χ4n) is 2.22. The topological polar surface area (TPSA) is 83.6 Å². The van der Waals surface area contributed by atoms with Crippen LogP contribution in [0.4, 0.5) is 0 Å². The third kappa shape index (κ3) is 3.14. The fraction of sp³-hybridized carbons (Fsp3) is 0.538. The molecule has 1 aliphatic rings. The van der Waals surface area contributed by atoms with Crippen molar-refractivity contribution < 1.29 is 13.5 Å². The zero-order valence-corrected chi connectivity index (χ0v) is 11.8. The van der Waals surface area contributed by atoms with Crippen LogP contribution in [0.5, 0.6) is 0 Å². The summed E-state index contributed by atoms with van der Waals surface area (Å²) in [5, 5.41) is 9.70. The summed E-state index contributed by atoms with van der Waals surface area (Å²) in [4.78, 5) is 0.279. The van der Waals surface area contributed by atoms with Crippen LogP contribution in [-0.2, 0) is 10.0 Å². The van der Waals surface area contributed by atoms with E-state index in [0.29, 0.717) is 19.4 Å². The molecule has 106 valence electrons. The fourth-order valence-corrected chi connectivity index (χ4v) is 3.73. The molecule has 1 heterocycles. The standard InChI is InChI=1S/C13H20N2O3S/c1-10-4-6-11(7-5-10)19(17,18)15-8-2-3-13(16)12(14)9-15/h4-7,12-13,16H,2-3,8-9,14H2,1H3. The molecular formula is C13H20N2O3S. The molecule has 0 saturated carbocycles. The lowest BCUT2D eigenvalue weighted by Gasteiger charge is -2.23. The van der Waals surface area contributed by atoms with Crippen molar-refractivity contribution >= 4 is 10.0 Å². The van der Waals surface area contributed by atoms with Crippen molar-refractivity contribution in [2.45, 2.75) is 36.8 Å². The van der Waals surface area contributed by atoms with Gasteiger partial charge in [0, 0.05) is 19.1 Å². The molecule has 1 fully saturated rings. The van der Waals surface area contributed by atoms with Gasteiger partial charge in [-0.25, -0.2) is 8.42 Å². The SMILES string of the molecule is Cc1ccc(S(=O)(=O)N2CCCC(O)C(N)C2)cc1. The molecule has 0 bridgehead atoms. The Hall–Kier alpha value is -0.950. The molecule has 0 aromatic heterocycles. The quantitative estimate of drug-likeness (QED) is 0.827. The Labute approximate surface area is 114 Å². The summed E-state index contributed by atoms with van der Waals surface area (Å²) in [7, 11) is -3.52. The first-order chi connectivity index (χ1) is 8.91. The lowest BCUT2D eigenvalue weighted by molar-refractivity contribution is 0.139. The summed E-state index contributed by atoms with van der Waals surface area (Å²) in [5.74, 6) is 0. The molecule has 19 heavy (non-hydrogen) atoms. The Morgan fingerprint density at radius 3 is 2.58 bits per heavy atom. The second-order valence-electron chi connectivity index (χ2n) is 5.05. The van der Waals surface area contributed by atoms with Gasteiger partial charge in [-0.1, -0.05) is 17.7 Å². The van der Waals surface area contributed by atoms with E-state index in [9.17, 15) is 13.5 Å². The maximum absolute atomic E-state index is 12.5. The molecule has 3 N–H and O–H groups in total. The number of hydrogen-bond donors (Lipinski definition) is 2. The summed E-state index contributed by atoms with van der Waals surface area (Å²) in [6.07, 6.45) is 0.541. The lowest BCUT2D eigenvalue weighted by Crippen LogP contribution is -2.44. The number of nitrogens with zero attached hydrogens (tertiary/aromatic N) is 1. The first kappa shape index (κ1) is 14.5. The van der Waals surface area contributed by atoms with Crippen molar-refractivity contribution in [1.29, 1.82) is 0 Å². The minimum Gasteiger partial charge on any atom is -0.391 e. The Morgan fingerprint density at radius 2 is 1.95 bits per heavy atom. The maximum atomic E-state index is 12.5. The van der Waals surface area contributed by atoms with E-state index in [1.165, 1.54) is 4.31 Å². The third-order valence-corrected chi connectivity index (χ3v) is 5.35. The predicted molar refractivity (Wildman–Crippen MR) is 73.2 cm³/mol. The molecule has 0 aliphatic carbocycles. The summed E-state index contributed by atoms with van der Waals surface area (Å²) in [6, 6.07) is 6.25. The Bertz CT molecular complexity index is 527. The predicted octanol–water partition coefficient (Wildman–Crippen LogP) is 0.468. The normalized spacial score (nSPS) is 26.1. The number of rotatable bonds is 2. The van der Waals surface area contributed by atoms with E-state index < -0.39 is 22.2 Å². The van der Waals surface area contributed by atoms with Crippen molar-refractivity contribution in [3.05, 3.63) is 29.8 Å². The van der Waals surface area contributed by atoms with Crippen LogP contribution in [0.15, 0.2) is 29.2 Å². The second-order valence-corrected chi connectivity index (χ2v) is 6.99. The molecule has 1 saturated heterocycles. The zero-order valence-electron chi connectivity index (χ0n) is 11.0. The van der Waals surface area contributed by atoms with Gasteiger partial charge < -0.3 is 10.8 Å². The van der Waals surface area contributed by atoms with Gasteiger partial charge in [0.25, 0.3) is 0 Å². The minimum atomic E-state index is -3.52. The average Bonchev–Trinajstić information content (AvgIpc) is 2.53. The van der Waals surface area contributed by atoms with Crippen LogP contribution in [0.25, 0.3) is 0 Å². The Balaban J connectivity index is 2.26. The van der Waals surface area contributed by atoms with Crippen molar-refractivity contribution in [1.82, 2.24) is 4.31 Å². The molecule has 1 aliphatic heterocycles. The number of aryl methyl sites for hydroxylation is 1. The van der Waals surface area contributed by atoms with Gasteiger partial charge in [0.15, 0.2) is 0 Å². The lowest BCUT2D eigenvalue weighted by atomic mass is 10.1. The van der Waals surface area contributed by atoms with E-state index in [0.717, 1.165) is 5.56 Å². The first-order valence-electron chi connectivity index (χ1n) is 6.42. The average molecular weight is 284 g/mol. The summed E-state index contributed by atoms with van der Waals surface area (Å²) in [5.41, 5.74) is 6.83. The van der Waals surface area contributed by atoms with Crippen molar-refractivity contribution in [2.75, 3.05) is 13.1 Å². The number of aliphatic hydroxyl groups excluding tert-OH is 1. The molecular weight excluding hydrogens is 264 g/mol. The summed E-state index contributed by atoms with van der Waals surface area (Å²) < 4.78 is 26.4. The van der Waals surface area contributed by atoms with Gasteiger partial charge in [0.2, 0.25) is 10.0 Å². The largest absolute Gasteiger partial charge is 0.391 e. The van der Waals surface area contributed by atoms with Gasteiger partial charge in [0.05, 0.1) is 11.0 Å². The molecule has 1 aromatic carbocycles. The maximum Gasteiger partial charge on any atom is 0.243 e. The van der Waals surface area contributed by atoms with Gasteiger partial charge in [0.1, 0.15) is 0 Å². The van der Waals surface area contributed by atoms with Crippen molar-refractivity contribution in [3.8, 4) is 0 Å². The highest BCUT2D eigenvalue weighted by molar-refractivity contribution is 7.89. The third-order valence-electron chi connectivity index (χ3n) is 3.47. The highest BCUT2D eigenvalue weighted by Gasteiger charge is 2.30. The number of aliphatic hydroxyl groups is 1. The van der Waals surface area contributed by atoms with Crippen LogP contribution in [0, 0.1) is 6.92 Å². The molecule has 0 radical (unpaired) electrons. The molecule has 6 heteroatoms. The molecule has 0 spiro atoms. The van der Waals surface area contributed by atoms with Crippen LogP contribution < -0.4 is 5.73 Å².